The van der Waals surface area contributed by atoms with Gasteiger partial charge in [0, 0.05) is 31.4 Å². The maximum atomic E-state index is 11.3. The van der Waals surface area contributed by atoms with Gasteiger partial charge in [0.15, 0.2) is 0 Å². The molecule has 0 radical (unpaired) electrons. The number of phenols is 1. The molecular formula is C21H29N3O3. The van der Waals surface area contributed by atoms with E-state index < -0.39 is 12.0 Å². The largest absolute Gasteiger partial charge is 0.507 e. The van der Waals surface area contributed by atoms with Gasteiger partial charge in [-0.25, -0.2) is 0 Å². The van der Waals surface area contributed by atoms with Crippen molar-refractivity contribution in [2.75, 3.05) is 24.5 Å². The second kappa shape index (κ2) is 9.94. The molecule has 0 aliphatic carbocycles. The van der Waals surface area contributed by atoms with Gasteiger partial charge in [-0.15, -0.1) is 0 Å². The number of aliphatic hydroxyl groups is 1. The molecule has 0 saturated heterocycles. The minimum Gasteiger partial charge on any atom is -0.507 e. The highest BCUT2D eigenvalue weighted by Crippen LogP contribution is 2.22. The van der Waals surface area contributed by atoms with Crippen molar-refractivity contribution in [1.29, 1.82) is 0 Å². The lowest BCUT2D eigenvalue weighted by Gasteiger charge is -2.25. The van der Waals surface area contributed by atoms with Crippen LogP contribution >= 0.6 is 0 Å². The molecule has 6 nitrogen and oxygen atoms in total. The van der Waals surface area contributed by atoms with E-state index >= 15 is 0 Å². The molecule has 0 bridgehead atoms. The van der Waals surface area contributed by atoms with Crippen LogP contribution in [0.1, 0.15) is 42.3 Å². The molecule has 2 rings (SSSR count). The van der Waals surface area contributed by atoms with Crippen LogP contribution in [0.15, 0.2) is 48.5 Å². The topological polar surface area (TPSA) is 98.8 Å². The molecule has 0 saturated carbocycles. The van der Waals surface area contributed by atoms with Crippen LogP contribution in [0.3, 0.4) is 0 Å². The molecule has 6 heteroatoms. The molecular weight excluding hydrogens is 342 g/mol. The number of anilines is 1. The van der Waals surface area contributed by atoms with Crippen molar-refractivity contribution >= 4 is 11.6 Å². The Morgan fingerprint density at radius 3 is 2.56 bits per heavy atom. The summed E-state index contributed by atoms with van der Waals surface area (Å²) >= 11 is 0. The number of nitrogens with one attached hydrogen (secondary N) is 1. The Hall–Kier alpha value is -2.57. The van der Waals surface area contributed by atoms with Gasteiger partial charge in [0.2, 0.25) is 0 Å². The molecule has 2 aromatic carbocycles. The first-order chi connectivity index (χ1) is 12.9. The highest BCUT2D eigenvalue weighted by Gasteiger charge is 2.15. The number of hydrogen-bond acceptors (Lipinski definition) is 5. The van der Waals surface area contributed by atoms with E-state index in [9.17, 15) is 15.0 Å². The van der Waals surface area contributed by atoms with Crippen LogP contribution in [0, 0.1) is 0 Å². The van der Waals surface area contributed by atoms with E-state index in [4.69, 9.17) is 5.73 Å². The third-order valence-corrected chi connectivity index (χ3v) is 4.67. The number of carbonyl (C=O) groups is 1. The molecule has 1 amide bonds. The normalized spacial score (nSPS) is 13.1. The number of carbonyl (C=O) groups excluding carboxylic acids is 1. The Kier molecular flexibility index (Phi) is 7.64. The summed E-state index contributed by atoms with van der Waals surface area (Å²) < 4.78 is 0. The number of aliphatic hydroxyl groups excluding tert-OH is 1. The monoisotopic (exact) mass is 371 g/mol. The number of aromatic hydroxyl groups is 1. The lowest BCUT2D eigenvalue weighted by atomic mass is 10.0. The van der Waals surface area contributed by atoms with E-state index in [2.05, 4.69) is 36.2 Å². The van der Waals surface area contributed by atoms with E-state index in [0.717, 1.165) is 19.5 Å². The Morgan fingerprint density at radius 1 is 1.22 bits per heavy atom. The maximum absolute atomic E-state index is 11.3. The predicted molar refractivity (Wildman–Crippen MR) is 108 cm³/mol. The van der Waals surface area contributed by atoms with Crippen LogP contribution in [0.4, 0.5) is 5.69 Å². The fourth-order valence-corrected chi connectivity index (χ4v) is 2.95. The van der Waals surface area contributed by atoms with Gasteiger partial charge in [-0.2, -0.15) is 0 Å². The Bertz CT molecular complexity index is 737. The molecule has 0 spiro atoms. The summed E-state index contributed by atoms with van der Waals surface area (Å²) in [6, 6.07) is 14.9. The van der Waals surface area contributed by atoms with Gasteiger partial charge < -0.3 is 26.2 Å². The quantitative estimate of drug-likeness (QED) is 0.514. The van der Waals surface area contributed by atoms with Gasteiger partial charge in [-0.1, -0.05) is 24.3 Å². The van der Waals surface area contributed by atoms with Gasteiger partial charge in [0.25, 0.3) is 5.91 Å². The van der Waals surface area contributed by atoms with E-state index in [0.29, 0.717) is 12.1 Å². The van der Waals surface area contributed by atoms with Crippen LogP contribution in [0.5, 0.6) is 5.75 Å². The number of benzene rings is 2. The summed E-state index contributed by atoms with van der Waals surface area (Å²) in [5.74, 6) is -0.899. The second-order valence-corrected chi connectivity index (χ2v) is 6.67. The Labute approximate surface area is 160 Å². The summed E-state index contributed by atoms with van der Waals surface area (Å²) in [6.45, 7) is 6.41. The minimum absolute atomic E-state index is 0.0149. The van der Waals surface area contributed by atoms with Crippen molar-refractivity contribution < 1.29 is 15.0 Å². The van der Waals surface area contributed by atoms with Crippen molar-refractivity contribution in [3.8, 4) is 5.75 Å². The molecule has 0 fully saturated rings. The smallest absolute Gasteiger partial charge is 0.252 e. The number of primary amides is 1. The number of nitrogens with two attached hydrogens (primary N) is 1. The second-order valence-electron chi connectivity index (χ2n) is 6.67. The molecule has 27 heavy (non-hydrogen) atoms. The number of nitrogens with zero attached hydrogens (tertiary/aromatic N) is 1. The van der Waals surface area contributed by atoms with Crippen LogP contribution in [0.2, 0.25) is 0 Å². The van der Waals surface area contributed by atoms with E-state index in [1.54, 1.807) is 6.07 Å². The first kappa shape index (κ1) is 20.7. The highest BCUT2D eigenvalue weighted by atomic mass is 16.3. The summed E-state index contributed by atoms with van der Waals surface area (Å²) in [6.07, 6.45) is 0.139. The standard InChI is InChI=1S/C21H29N3O3/c1-3-24(17-7-5-4-6-8-17)12-11-15(2)23-14-20(26)16-9-10-19(25)18(13-16)21(22)27/h4-10,13,15,20,23,25-26H,3,11-12,14H2,1-2H3,(H2,22,27). The fraction of sp³-hybridized carbons (Fsp3) is 0.381. The molecule has 2 atom stereocenters. The highest BCUT2D eigenvalue weighted by molar-refractivity contribution is 5.95. The van der Waals surface area contributed by atoms with Gasteiger partial charge in [0.05, 0.1) is 11.7 Å². The van der Waals surface area contributed by atoms with Crippen LogP contribution in [-0.2, 0) is 0 Å². The van der Waals surface area contributed by atoms with Crippen LogP contribution < -0.4 is 16.0 Å². The SMILES string of the molecule is CCN(CCC(C)NCC(O)c1ccc(O)c(C(N)=O)c1)c1ccccc1. The third kappa shape index (κ3) is 5.98. The van der Waals surface area contributed by atoms with Crippen molar-refractivity contribution in [2.24, 2.45) is 5.73 Å². The first-order valence-corrected chi connectivity index (χ1v) is 9.26. The summed E-state index contributed by atoms with van der Waals surface area (Å²) in [5.41, 5.74) is 7.00. The van der Waals surface area contributed by atoms with Crippen molar-refractivity contribution in [1.82, 2.24) is 5.32 Å². The van der Waals surface area contributed by atoms with Gasteiger partial charge >= 0.3 is 0 Å². The van der Waals surface area contributed by atoms with E-state index in [1.165, 1.54) is 17.8 Å². The van der Waals surface area contributed by atoms with Gasteiger partial charge in [0.1, 0.15) is 5.75 Å². The average molecular weight is 371 g/mol. The lowest BCUT2D eigenvalue weighted by molar-refractivity contribution is 0.0997. The summed E-state index contributed by atoms with van der Waals surface area (Å²) in [5, 5.41) is 23.3. The lowest BCUT2D eigenvalue weighted by Crippen LogP contribution is -2.34. The number of hydrogen-bond donors (Lipinski definition) is 4. The molecule has 5 N–H and O–H groups in total. The minimum atomic E-state index is -0.789. The zero-order valence-corrected chi connectivity index (χ0v) is 15.9. The molecule has 2 aromatic rings. The Balaban J connectivity index is 1.85. The summed E-state index contributed by atoms with van der Waals surface area (Å²) in [7, 11) is 0. The maximum Gasteiger partial charge on any atom is 0.252 e. The Morgan fingerprint density at radius 2 is 1.93 bits per heavy atom. The van der Waals surface area contributed by atoms with E-state index in [1.807, 2.05) is 18.2 Å². The average Bonchev–Trinajstić information content (AvgIpc) is 2.67. The third-order valence-electron chi connectivity index (χ3n) is 4.67. The van der Waals surface area contributed by atoms with Crippen LogP contribution in [0.25, 0.3) is 0 Å². The van der Waals surface area contributed by atoms with Gasteiger partial charge in [-0.3, -0.25) is 4.79 Å². The zero-order chi connectivity index (χ0) is 19.8. The molecule has 2 unspecified atom stereocenters. The number of amides is 1. The molecule has 146 valence electrons. The predicted octanol–water partition coefficient (Wildman–Crippen LogP) is 2.42. The molecule has 0 heterocycles. The van der Waals surface area contributed by atoms with Crippen LogP contribution in [-0.4, -0.2) is 41.8 Å². The summed E-state index contributed by atoms with van der Waals surface area (Å²) in [4.78, 5) is 13.6. The van der Waals surface area contributed by atoms with Crippen molar-refractivity contribution in [2.45, 2.75) is 32.4 Å². The van der Waals surface area contributed by atoms with Crippen molar-refractivity contribution in [3.63, 3.8) is 0 Å². The van der Waals surface area contributed by atoms with Gasteiger partial charge in [-0.05, 0) is 50.1 Å². The molecule has 0 aliphatic heterocycles. The van der Waals surface area contributed by atoms with E-state index in [-0.39, 0.29) is 17.4 Å². The first-order valence-electron chi connectivity index (χ1n) is 9.26. The number of para-hydroxylation sites is 1. The molecule has 0 aromatic heterocycles. The zero-order valence-electron chi connectivity index (χ0n) is 15.9. The van der Waals surface area contributed by atoms with Crippen molar-refractivity contribution in [3.05, 3.63) is 59.7 Å². The molecule has 0 aliphatic rings. The fourth-order valence-electron chi connectivity index (χ4n) is 2.95. The number of rotatable bonds is 10.